The van der Waals surface area contributed by atoms with Crippen LogP contribution >= 0.6 is 15.9 Å². The number of halogens is 1. The Morgan fingerprint density at radius 2 is 2.43 bits per heavy atom. The van der Waals surface area contributed by atoms with Crippen LogP contribution in [0.1, 0.15) is 6.92 Å². The second kappa shape index (κ2) is 3.69. The SMILES string of the molecule is CC(=O)OC#CBr. The van der Waals surface area contributed by atoms with Gasteiger partial charge in [-0.05, 0) is 0 Å². The van der Waals surface area contributed by atoms with Crippen molar-refractivity contribution >= 4 is 21.9 Å². The van der Waals surface area contributed by atoms with Gasteiger partial charge in [0.05, 0.1) is 0 Å². The number of carbonyl (C=O) groups is 1. The van der Waals surface area contributed by atoms with Crippen LogP contribution in [0.25, 0.3) is 0 Å². The van der Waals surface area contributed by atoms with Gasteiger partial charge in [0.2, 0.25) is 0 Å². The summed E-state index contributed by atoms with van der Waals surface area (Å²) in [6.45, 7) is 1.29. The quantitative estimate of drug-likeness (QED) is 0.391. The van der Waals surface area contributed by atoms with Gasteiger partial charge >= 0.3 is 5.97 Å². The van der Waals surface area contributed by atoms with E-state index >= 15 is 0 Å². The van der Waals surface area contributed by atoms with Crippen molar-refractivity contribution in [3.8, 4) is 10.9 Å². The smallest absolute Gasteiger partial charge is 0.316 e. The van der Waals surface area contributed by atoms with Crippen molar-refractivity contribution in [3.05, 3.63) is 0 Å². The molecule has 0 spiro atoms. The second-order valence-corrected chi connectivity index (χ2v) is 1.19. The maximum absolute atomic E-state index is 9.86. The third-order valence-corrected chi connectivity index (χ3v) is 0.395. The highest BCUT2D eigenvalue weighted by Crippen LogP contribution is 1.72. The Hall–Kier alpha value is -0.490. The first kappa shape index (κ1) is 6.51. The number of esters is 1. The average Bonchev–Trinajstić information content (AvgIpc) is 1.61. The molecule has 0 rings (SSSR count). The monoisotopic (exact) mass is 162 g/mol. The molecule has 0 aliphatic heterocycles. The van der Waals surface area contributed by atoms with Crippen LogP contribution in [0.5, 0.6) is 0 Å². The first-order valence-electron chi connectivity index (χ1n) is 1.55. The summed E-state index contributed by atoms with van der Waals surface area (Å²) in [7, 11) is 0. The van der Waals surface area contributed by atoms with E-state index in [0.717, 1.165) is 0 Å². The van der Waals surface area contributed by atoms with Gasteiger partial charge in [0, 0.05) is 27.7 Å². The molecule has 0 aromatic heterocycles. The largest absolute Gasteiger partial charge is 0.372 e. The molecule has 38 valence electrons. The highest BCUT2D eigenvalue weighted by Gasteiger charge is 1.81. The molecular weight excluding hydrogens is 160 g/mol. The molecule has 0 aromatic carbocycles. The molecule has 0 aromatic rings. The Kier molecular flexibility index (Phi) is 3.43. The van der Waals surface area contributed by atoms with Crippen LogP contribution in [-0.2, 0) is 9.53 Å². The second-order valence-electron chi connectivity index (χ2n) is 0.790. The molecule has 2 nitrogen and oxygen atoms in total. The zero-order chi connectivity index (χ0) is 5.70. The zero-order valence-electron chi connectivity index (χ0n) is 3.69. The van der Waals surface area contributed by atoms with Crippen molar-refractivity contribution in [2.24, 2.45) is 0 Å². The molecule has 7 heavy (non-hydrogen) atoms. The van der Waals surface area contributed by atoms with Gasteiger partial charge in [0.1, 0.15) is 6.11 Å². The van der Waals surface area contributed by atoms with Crippen molar-refractivity contribution in [1.82, 2.24) is 0 Å². The van der Waals surface area contributed by atoms with Gasteiger partial charge < -0.3 is 4.74 Å². The Labute approximate surface area is 50.0 Å². The standard InChI is InChI=1S/C4H3BrO2/c1-4(6)7-3-2-5/h1H3. The van der Waals surface area contributed by atoms with E-state index in [4.69, 9.17) is 0 Å². The van der Waals surface area contributed by atoms with E-state index in [1.165, 1.54) is 6.92 Å². The summed E-state index contributed by atoms with van der Waals surface area (Å²) in [5, 5.41) is 0. The summed E-state index contributed by atoms with van der Waals surface area (Å²) in [5.74, 6) is -0.396. The van der Waals surface area contributed by atoms with Crippen LogP contribution in [-0.4, -0.2) is 5.97 Å². The van der Waals surface area contributed by atoms with Gasteiger partial charge in [0.25, 0.3) is 0 Å². The van der Waals surface area contributed by atoms with Crippen molar-refractivity contribution in [2.75, 3.05) is 0 Å². The maximum Gasteiger partial charge on any atom is 0.316 e. The normalized spacial score (nSPS) is 6.00. The molecule has 0 unspecified atom stereocenters. The lowest BCUT2D eigenvalue weighted by atomic mass is 10.8. The Balaban J connectivity index is 3.26. The molecule has 0 amide bonds. The summed E-state index contributed by atoms with van der Waals surface area (Å²) in [5.41, 5.74) is 0. The van der Waals surface area contributed by atoms with Crippen LogP contribution in [0.15, 0.2) is 0 Å². The Morgan fingerprint density at radius 3 is 2.57 bits per heavy atom. The highest BCUT2D eigenvalue weighted by molar-refractivity contribution is 9.12. The lowest BCUT2D eigenvalue weighted by molar-refractivity contribution is -0.134. The molecule has 0 saturated carbocycles. The van der Waals surface area contributed by atoms with Crippen LogP contribution in [0, 0.1) is 10.9 Å². The van der Waals surface area contributed by atoms with E-state index in [1.54, 1.807) is 0 Å². The molecule has 0 N–H and O–H groups in total. The van der Waals surface area contributed by atoms with Gasteiger partial charge in [-0.3, -0.25) is 4.79 Å². The molecule has 0 saturated heterocycles. The lowest BCUT2D eigenvalue weighted by Gasteiger charge is -1.79. The van der Waals surface area contributed by atoms with Crippen molar-refractivity contribution in [3.63, 3.8) is 0 Å². The summed E-state index contributed by atoms with van der Waals surface area (Å²) in [4.78, 5) is 12.1. The summed E-state index contributed by atoms with van der Waals surface area (Å²) >= 11 is 2.74. The van der Waals surface area contributed by atoms with E-state index in [-0.39, 0.29) is 0 Å². The fourth-order valence-electron chi connectivity index (χ4n) is 0.0912. The summed E-state index contributed by atoms with van der Waals surface area (Å²) < 4.78 is 4.14. The fourth-order valence-corrected chi connectivity index (χ4v) is 0.172. The van der Waals surface area contributed by atoms with E-state index in [2.05, 4.69) is 31.6 Å². The molecule has 0 aliphatic rings. The van der Waals surface area contributed by atoms with Crippen molar-refractivity contribution < 1.29 is 9.53 Å². The highest BCUT2D eigenvalue weighted by atomic mass is 79.9. The number of hydrogen-bond donors (Lipinski definition) is 0. The number of rotatable bonds is 0. The van der Waals surface area contributed by atoms with Gasteiger partial charge in [-0.15, -0.1) is 0 Å². The molecule has 0 atom stereocenters. The minimum atomic E-state index is -0.396. The van der Waals surface area contributed by atoms with Gasteiger partial charge in [0.15, 0.2) is 0 Å². The van der Waals surface area contributed by atoms with Gasteiger partial charge in [-0.25, -0.2) is 0 Å². The molecular formula is C4H3BrO2. The minimum absolute atomic E-state index is 0.396. The van der Waals surface area contributed by atoms with Gasteiger partial charge in [-0.1, -0.05) is 0 Å². The third-order valence-electron chi connectivity index (χ3n) is 0.233. The van der Waals surface area contributed by atoms with Crippen LogP contribution < -0.4 is 0 Å². The number of carbonyl (C=O) groups excluding carboxylic acids is 1. The topological polar surface area (TPSA) is 26.3 Å². The number of hydrogen-bond acceptors (Lipinski definition) is 2. The molecule has 0 heterocycles. The molecule has 0 fully saturated rings. The van der Waals surface area contributed by atoms with E-state index in [0.29, 0.717) is 0 Å². The molecule has 0 radical (unpaired) electrons. The molecule has 3 heteroatoms. The minimum Gasteiger partial charge on any atom is -0.372 e. The Bertz CT molecular complexity index is 119. The predicted molar refractivity (Wildman–Crippen MR) is 28.5 cm³/mol. The van der Waals surface area contributed by atoms with E-state index in [1.807, 2.05) is 0 Å². The third kappa shape index (κ3) is 5.51. The zero-order valence-corrected chi connectivity index (χ0v) is 5.28. The van der Waals surface area contributed by atoms with Gasteiger partial charge in [-0.2, -0.15) is 0 Å². The first-order valence-corrected chi connectivity index (χ1v) is 2.34. The first-order chi connectivity index (χ1) is 3.27. The van der Waals surface area contributed by atoms with Crippen LogP contribution in [0.3, 0.4) is 0 Å². The summed E-state index contributed by atoms with van der Waals surface area (Å²) in [6.07, 6.45) is 2.06. The van der Waals surface area contributed by atoms with Crippen LogP contribution in [0.2, 0.25) is 0 Å². The fraction of sp³-hybridized carbons (Fsp3) is 0.250. The average molecular weight is 163 g/mol. The van der Waals surface area contributed by atoms with E-state index < -0.39 is 5.97 Å². The lowest BCUT2D eigenvalue weighted by Crippen LogP contribution is -1.88. The molecule has 0 aliphatic carbocycles. The predicted octanol–water partition coefficient (Wildman–Crippen LogP) is 0.863. The van der Waals surface area contributed by atoms with Crippen LogP contribution in [0.4, 0.5) is 0 Å². The molecule has 0 bridgehead atoms. The van der Waals surface area contributed by atoms with E-state index in [9.17, 15) is 4.79 Å². The maximum atomic E-state index is 9.86. The van der Waals surface area contributed by atoms with Crippen molar-refractivity contribution in [2.45, 2.75) is 6.92 Å². The number of ether oxygens (including phenoxy) is 1. The van der Waals surface area contributed by atoms with Crippen molar-refractivity contribution in [1.29, 1.82) is 0 Å². The summed E-state index contributed by atoms with van der Waals surface area (Å²) in [6, 6.07) is 0. The Morgan fingerprint density at radius 1 is 1.86 bits per heavy atom.